The van der Waals surface area contributed by atoms with Crippen molar-refractivity contribution in [3.05, 3.63) is 30.3 Å². The van der Waals surface area contributed by atoms with Gasteiger partial charge in [-0.25, -0.2) is 8.42 Å². The Bertz CT molecular complexity index is 1020. The van der Waals surface area contributed by atoms with Gasteiger partial charge in [0, 0.05) is 51.8 Å². The summed E-state index contributed by atoms with van der Waals surface area (Å²) >= 11 is 0. The zero-order valence-electron chi connectivity index (χ0n) is 17.4. The van der Waals surface area contributed by atoms with E-state index in [2.05, 4.69) is 20.0 Å². The van der Waals surface area contributed by atoms with E-state index in [9.17, 15) is 8.42 Å². The van der Waals surface area contributed by atoms with E-state index in [-0.39, 0.29) is 4.90 Å². The zero-order valence-corrected chi connectivity index (χ0v) is 18.3. The van der Waals surface area contributed by atoms with Gasteiger partial charge >= 0.3 is 0 Å². The summed E-state index contributed by atoms with van der Waals surface area (Å²) in [7, 11) is -3.60. The Morgan fingerprint density at radius 3 is 1.97 bits per heavy atom. The summed E-state index contributed by atoms with van der Waals surface area (Å²) in [5, 5.41) is 8.76. The molecule has 5 rings (SSSR count). The maximum absolute atomic E-state index is 13.2. The lowest BCUT2D eigenvalue weighted by Crippen LogP contribution is -2.49. The highest BCUT2D eigenvalue weighted by Crippen LogP contribution is 2.33. The van der Waals surface area contributed by atoms with Crippen molar-refractivity contribution in [2.75, 3.05) is 62.3 Å². The summed E-state index contributed by atoms with van der Waals surface area (Å²) in [6.07, 6.45) is 3.17. The van der Waals surface area contributed by atoms with E-state index >= 15 is 0 Å². The number of anilines is 2. The molecule has 0 spiro atoms. The molecule has 0 saturated carbocycles. The highest BCUT2D eigenvalue weighted by molar-refractivity contribution is 7.89. The molecule has 2 aromatic rings. The van der Waals surface area contributed by atoms with Crippen molar-refractivity contribution in [1.29, 1.82) is 0 Å². The molecule has 0 N–H and O–H groups in total. The van der Waals surface area contributed by atoms with Crippen LogP contribution in [0.5, 0.6) is 11.5 Å². The van der Waals surface area contributed by atoms with Crippen LogP contribution in [0.4, 0.5) is 11.6 Å². The molecule has 31 heavy (non-hydrogen) atoms. The van der Waals surface area contributed by atoms with E-state index in [0.29, 0.717) is 50.9 Å². The number of hydrogen-bond donors (Lipinski definition) is 0. The molecule has 0 amide bonds. The molecule has 1 aromatic carbocycles. The quantitative estimate of drug-likeness (QED) is 0.703. The number of ether oxygens (including phenoxy) is 2. The fourth-order valence-corrected chi connectivity index (χ4v) is 5.65. The van der Waals surface area contributed by atoms with Gasteiger partial charge in [-0.1, -0.05) is 0 Å². The summed E-state index contributed by atoms with van der Waals surface area (Å²) < 4.78 is 39.1. The zero-order chi connectivity index (χ0) is 21.3. The summed E-state index contributed by atoms with van der Waals surface area (Å²) in [5.74, 6) is 2.79. The van der Waals surface area contributed by atoms with E-state index in [1.54, 1.807) is 18.2 Å². The molecule has 0 radical (unpaired) electrons. The number of sulfonamides is 1. The Balaban J connectivity index is 1.25. The molecule has 0 bridgehead atoms. The Morgan fingerprint density at radius 1 is 0.710 bits per heavy atom. The molecular formula is C21H27N5O4S. The van der Waals surface area contributed by atoms with Crippen LogP contribution in [0.3, 0.4) is 0 Å². The van der Waals surface area contributed by atoms with Gasteiger partial charge in [-0.2, -0.15) is 4.31 Å². The number of benzene rings is 1. The summed E-state index contributed by atoms with van der Waals surface area (Å²) in [6.45, 7) is 5.09. The van der Waals surface area contributed by atoms with Crippen molar-refractivity contribution in [3.63, 3.8) is 0 Å². The van der Waals surface area contributed by atoms with E-state index < -0.39 is 10.0 Å². The maximum Gasteiger partial charge on any atom is 0.243 e. The summed E-state index contributed by atoms with van der Waals surface area (Å²) in [6, 6.07) is 8.84. The van der Waals surface area contributed by atoms with Gasteiger partial charge in [0.2, 0.25) is 10.0 Å². The largest absolute Gasteiger partial charge is 0.490 e. The molecule has 3 aliphatic heterocycles. The average molecular weight is 446 g/mol. The van der Waals surface area contributed by atoms with Crippen molar-refractivity contribution < 1.29 is 17.9 Å². The standard InChI is InChI=1S/C21H27N5O4S/c27-31(28,17-4-5-18-19(16-17)30-15-3-14-29-18)26-12-10-25(11-13-26)21-7-6-20(22-23-21)24-8-1-2-9-24/h4-7,16H,1-3,8-15H2. The Labute approximate surface area is 182 Å². The van der Waals surface area contributed by atoms with E-state index in [4.69, 9.17) is 9.47 Å². The van der Waals surface area contributed by atoms with Gasteiger partial charge in [0.1, 0.15) is 0 Å². The molecule has 9 nitrogen and oxygen atoms in total. The molecule has 2 saturated heterocycles. The number of hydrogen-bond acceptors (Lipinski definition) is 8. The van der Waals surface area contributed by atoms with Gasteiger partial charge in [0.25, 0.3) is 0 Å². The van der Waals surface area contributed by atoms with Crippen LogP contribution in [0.2, 0.25) is 0 Å². The van der Waals surface area contributed by atoms with Gasteiger partial charge in [0.15, 0.2) is 23.1 Å². The first-order valence-electron chi connectivity index (χ1n) is 10.8. The smallest absolute Gasteiger partial charge is 0.243 e. The molecular weight excluding hydrogens is 418 g/mol. The Kier molecular flexibility index (Phi) is 5.58. The van der Waals surface area contributed by atoms with E-state index in [1.807, 2.05) is 12.1 Å². The molecule has 0 atom stereocenters. The normalized spacial score (nSPS) is 20.0. The predicted octanol–water partition coefficient (Wildman–Crippen LogP) is 1.75. The lowest BCUT2D eigenvalue weighted by Gasteiger charge is -2.34. The van der Waals surface area contributed by atoms with Crippen LogP contribution in [0, 0.1) is 0 Å². The van der Waals surface area contributed by atoms with Gasteiger partial charge < -0.3 is 19.3 Å². The number of nitrogens with zero attached hydrogens (tertiary/aromatic N) is 5. The molecule has 4 heterocycles. The van der Waals surface area contributed by atoms with Gasteiger partial charge in [-0.15, -0.1) is 10.2 Å². The van der Waals surface area contributed by atoms with E-state index in [1.165, 1.54) is 17.1 Å². The highest BCUT2D eigenvalue weighted by Gasteiger charge is 2.30. The topological polar surface area (TPSA) is 88.1 Å². The molecule has 10 heteroatoms. The number of aromatic nitrogens is 2. The minimum absolute atomic E-state index is 0.236. The second-order valence-electron chi connectivity index (χ2n) is 7.99. The second-order valence-corrected chi connectivity index (χ2v) is 9.93. The fourth-order valence-electron chi connectivity index (χ4n) is 4.21. The first-order chi connectivity index (χ1) is 15.1. The SMILES string of the molecule is O=S(=O)(c1ccc2c(c1)OCCCO2)N1CCN(c2ccc(N3CCCC3)nn2)CC1. The van der Waals surface area contributed by atoms with Crippen molar-refractivity contribution >= 4 is 21.7 Å². The van der Waals surface area contributed by atoms with Crippen LogP contribution in [-0.4, -0.2) is 75.4 Å². The van der Waals surface area contributed by atoms with Gasteiger partial charge in [0.05, 0.1) is 18.1 Å². The summed E-state index contributed by atoms with van der Waals surface area (Å²) in [4.78, 5) is 4.57. The number of piperazine rings is 1. The average Bonchev–Trinajstić information content (AvgIpc) is 3.24. The van der Waals surface area contributed by atoms with Crippen LogP contribution >= 0.6 is 0 Å². The van der Waals surface area contributed by atoms with Crippen LogP contribution in [0.1, 0.15) is 19.3 Å². The lowest BCUT2D eigenvalue weighted by atomic mass is 10.3. The maximum atomic E-state index is 13.2. The van der Waals surface area contributed by atoms with Crippen molar-refractivity contribution in [2.45, 2.75) is 24.2 Å². The first kappa shape index (κ1) is 20.3. The van der Waals surface area contributed by atoms with Crippen LogP contribution in [-0.2, 0) is 10.0 Å². The Hall–Kier alpha value is -2.59. The number of rotatable bonds is 4. The highest BCUT2D eigenvalue weighted by atomic mass is 32.2. The summed E-state index contributed by atoms with van der Waals surface area (Å²) in [5.41, 5.74) is 0. The third-order valence-corrected chi connectivity index (χ3v) is 7.88. The molecule has 166 valence electrons. The first-order valence-corrected chi connectivity index (χ1v) is 12.3. The third-order valence-electron chi connectivity index (χ3n) is 5.99. The minimum Gasteiger partial charge on any atom is -0.490 e. The molecule has 2 fully saturated rings. The minimum atomic E-state index is -3.60. The van der Waals surface area contributed by atoms with Gasteiger partial charge in [-0.05, 0) is 37.1 Å². The molecule has 0 aliphatic carbocycles. The fraction of sp³-hybridized carbons (Fsp3) is 0.524. The van der Waals surface area contributed by atoms with E-state index in [0.717, 1.165) is 31.1 Å². The number of fused-ring (bicyclic) bond motifs is 1. The van der Waals surface area contributed by atoms with Crippen molar-refractivity contribution in [3.8, 4) is 11.5 Å². The lowest BCUT2D eigenvalue weighted by molar-refractivity contribution is 0.296. The Morgan fingerprint density at radius 2 is 1.32 bits per heavy atom. The van der Waals surface area contributed by atoms with Crippen LogP contribution in [0.25, 0.3) is 0 Å². The van der Waals surface area contributed by atoms with Crippen LogP contribution in [0.15, 0.2) is 35.2 Å². The second kappa shape index (κ2) is 8.51. The molecule has 3 aliphatic rings. The predicted molar refractivity (Wildman–Crippen MR) is 116 cm³/mol. The third kappa shape index (κ3) is 4.14. The van der Waals surface area contributed by atoms with Crippen molar-refractivity contribution in [1.82, 2.24) is 14.5 Å². The van der Waals surface area contributed by atoms with Gasteiger partial charge in [-0.3, -0.25) is 0 Å². The van der Waals surface area contributed by atoms with Crippen molar-refractivity contribution in [2.24, 2.45) is 0 Å². The monoisotopic (exact) mass is 445 g/mol. The molecule has 1 aromatic heterocycles. The van der Waals surface area contributed by atoms with Crippen LogP contribution < -0.4 is 19.3 Å². The molecule has 0 unspecified atom stereocenters.